The summed E-state index contributed by atoms with van der Waals surface area (Å²) in [5.74, 6) is 0.597. The Labute approximate surface area is 120 Å². The lowest BCUT2D eigenvalue weighted by atomic mass is 10.2. The maximum absolute atomic E-state index is 11.5. The van der Waals surface area contributed by atoms with Gasteiger partial charge in [0.25, 0.3) is 5.22 Å². The minimum absolute atomic E-state index is 0.0912. The Morgan fingerprint density at radius 2 is 2.15 bits per heavy atom. The highest BCUT2D eigenvalue weighted by molar-refractivity contribution is 7.99. The van der Waals surface area contributed by atoms with Crippen molar-refractivity contribution in [1.82, 2.24) is 15.5 Å². The molecule has 6 nitrogen and oxygen atoms in total. The van der Waals surface area contributed by atoms with E-state index >= 15 is 0 Å². The molecule has 7 heteroatoms. The van der Waals surface area contributed by atoms with Crippen LogP contribution in [0.5, 0.6) is 0 Å². The third-order valence-electron chi connectivity index (χ3n) is 2.38. The van der Waals surface area contributed by atoms with Crippen molar-refractivity contribution in [2.24, 2.45) is 0 Å². The first kappa shape index (κ1) is 14.5. The Balaban J connectivity index is 1.83. The molecular formula is C13H15N3O3S. The maximum atomic E-state index is 11.5. The monoisotopic (exact) mass is 293 g/mol. The summed E-state index contributed by atoms with van der Waals surface area (Å²) in [6.07, 6.45) is 0. The number of hydrogen-bond donors (Lipinski definition) is 1. The number of nitrogens with zero attached hydrogens (tertiary/aromatic N) is 2. The van der Waals surface area contributed by atoms with Crippen molar-refractivity contribution in [3.05, 3.63) is 30.3 Å². The summed E-state index contributed by atoms with van der Waals surface area (Å²) in [6, 6.07) is 9.49. The molecule has 0 radical (unpaired) electrons. The van der Waals surface area contributed by atoms with Gasteiger partial charge in [-0.2, -0.15) is 0 Å². The highest BCUT2D eigenvalue weighted by atomic mass is 32.2. The summed E-state index contributed by atoms with van der Waals surface area (Å²) < 4.78 is 10.3. The highest BCUT2D eigenvalue weighted by Crippen LogP contribution is 2.22. The molecule has 0 saturated carbocycles. The molecule has 0 fully saturated rings. The molecule has 0 atom stereocenters. The molecule has 0 bridgehead atoms. The van der Waals surface area contributed by atoms with Crippen LogP contribution in [0.3, 0.4) is 0 Å². The minimum atomic E-state index is -0.0912. The maximum Gasteiger partial charge on any atom is 0.277 e. The molecule has 1 heterocycles. The van der Waals surface area contributed by atoms with Crippen molar-refractivity contribution in [3.63, 3.8) is 0 Å². The van der Waals surface area contributed by atoms with Gasteiger partial charge in [0.05, 0.1) is 12.4 Å². The van der Waals surface area contributed by atoms with E-state index in [0.717, 1.165) is 5.56 Å². The third-order valence-corrected chi connectivity index (χ3v) is 3.20. The number of ether oxygens (including phenoxy) is 1. The summed E-state index contributed by atoms with van der Waals surface area (Å²) >= 11 is 1.21. The molecule has 2 aromatic rings. The zero-order chi connectivity index (χ0) is 14.2. The van der Waals surface area contributed by atoms with Gasteiger partial charge in [0.1, 0.15) is 0 Å². The molecular weight excluding hydrogens is 278 g/mol. The fourth-order valence-corrected chi connectivity index (χ4v) is 2.03. The van der Waals surface area contributed by atoms with Gasteiger partial charge in [-0.15, -0.1) is 10.2 Å². The molecule has 1 N–H and O–H groups in total. The second-order valence-corrected chi connectivity index (χ2v) is 4.80. The van der Waals surface area contributed by atoms with Crippen LogP contribution >= 0.6 is 11.8 Å². The molecule has 106 valence electrons. The van der Waals surface area contributed by atoms with E-state index in [4.69, 9.17) is 9.15 Å². The molecule has 0 unspecified atom stereocenters. The number of carbonyl (C=O) groups excluding carboxylic acids is 1. The minimum Gasteiger partial charge on any atom is -0.411 e. The number of rotatable bonds is 7. The first-order valence-corrected chi connectivity index (χ1v) is 7.05. The molecule has 0 aliphatic heterocycles. The van der Waals surface area contributed by atoms with E-state index in [9.17, 15) is 4.79 Å². The predicted octanol–water partition coefficient (Wildman–Crippen LogP) is 1.59. The third kappa shape index (κ3) is 4.36. The first-order chi connectivity index (χ1) is 9.79. The quantitative estimate of drug-likeness (QED) is 0.617. The lowest BCUT2D eigenvalue weighted by Crippen LogP contribution is -2.28. The van der Waals surface area contributed by atoms with E-state index in [1.807, 2.05) is 30.3 Å². The van der Waals surface area contributed by atoms with Crippen molar-refractivity contribution in [1.29, 1.82) is 0 Å². The van der Waals surface area contributed by atoms with E-state index in [0.29, 0.717) is 24.3 Å². The fourth-order valence-electron chi connectivity index (χ4n) is 1.44. The number of hydrogen-bond acceptors (Lipinski definition) is 6. The molecule has 0 spiro atoms. The summed E-state index contributed by atoms with van der Waals surface area (Å²) in [4.78, 5) is 11.5. The normalized spacial score (nSPS) is 10.4. The van der Waals surface area contributed by atoms with Crippen LogP contribution in [-0.2, 0) is 9.53 Å². The lowest BCUT2D eigenvalue weighted by Gasteiger charge is -2.02. The number of carbonyl (C=O) groups is 1. The van der Waals surface area contributed by atoms with Gasteiger partial charge >= 0.3 is 0 Å². The average Bonchev–Trinajstić information content (AvgIpc) is 2.95. The highest BCUT2D eigenvalue weighted by Gasteiger charge is 2.10. The Morgan fingerprint density at radius 3 is 2.90 bits per heavy atom. The summed E-state index contributed by atoms with van der Waals surface area (Å²) in [6.45, 7) is 0.990. The summed E-state index contributed by atoms with van der Waals surface area (Å²) in [5, 5.41) is 11.0. The van der Waals surface area contributed by atoms with Crippen molar-refractivity contribution in [3.8, 4) is 11.5 Å². The van der Waals surface area contributed by atoms with Gasteiger partial charge in [0.2, 0.25) is 11.8 Å². The number of benzene rings is 1. The number of methoxy groups -OCH3 is 1. The number of amides is 1. The second kappa shape index (κ2) is 7.66. The first-order valence-electron chi connectivity index (χ1n) is 6.07. The van der Waals surface area contributed by atoms with Crippen molar-refractivity contribution in [2.45, 2.75) is 5.22 Å². The van der Waals surface area contributed by atoms with Gasteiger partial charge in [-0.1, -0.05) is 30.0 Å². The molecule has 1 aromatic carbocycles. The van der Waals surface area contributed by atoms with Crippen molar-refractivity contribution in [2.75, 3.05) is 26.0 Å². The molecule has 0 aliphatic carbocycles. The van der Waals surface area contributed by atoms with Gasteiger partial charge in [-0.3, -0.25) is 4.79 Å². The van der Waals surface area contributed by atoms with E-state index in [1.54, 1.807) is 7.11 Å². The SMILES string of the molecule is COCCNC(=O)CSc1nnc(-c2ccccc2)o1. The standard InChI is InChI=1S/C13H15N3O3S/c1-18-8-7-14-11(17)9-20-13-16-15-12(19-13)10-5-3-2-4-6-10/h2-6H,7-9H2,1H3,(H,14,17). The molecule has 0 saturated heterocycles. The second-order valence-electron chi connectivity index (χ2n) is 3.87. The fraction of sp³-hybridized carbons (Fsp3) is 0.308. The summed E-state index contributed by atoms with van der Waals surface area (Å²) in [7, 11) is 1.59. The zero-order valence-electron chi connectivity index (χ0n) is 11.0. The Bertz CT molecular complexity index is 545. The van der Waals surface area contributed by atoms with Crippen LogP contribution in [0.15, 0.2) is 40.0 Å². The van der Waals surface area contributed by atoms with Gasteiger partial charge in [-0.25, -0.2) is 0 Å². The Kier molecular flexibility index (Phi) is 5.57. The summed E-state index contributed by atoms with van der Waals surface area (Å²) in [5.41, 5.74) is 0.858. The Morgan fingerprint density at radius 1 is 1.35 bits per heavy atom. The molecule has 1 amide bonds. The molecule has 20 heavy (non-hydrogen) atoms. The van der Waals surface area contributed by atoms with Gasteiger partial charge in [0.15, 0.2) is 0 Å². The van der Waals surface area contributed by atoms with Crippen LogP contribution in [0.4, 0.5) is 0 Å². The largest absolute Gasteiger partial charge is 0.411 e. The van der Waals surface area contributed by atoms with Crippen LogP contribution in [0, 0.1) is 0 Å². The number of aromatic nitrogens is 2. The average molecular weight is 293 g/mol. The topological polar surface area (TPSA) is 77.2 Å². The molecule has 2 rings (SSSR count). The Hall–Kier alpha value is -1.86. The number of nitrogens with one attached hydrogen (secondary N) is 1. The predicted molar refractivity (Wildman–Crippen MR) is 75.3 cm³/mol. The van der Waals surface area contributed by atoms with Crippen LogP contribution in [0.2, 0.25) is 0 Å². The van der Waals surface area contributed by atoms with E-state index in [2.05, 4.69) is 15.5 Å². The van der Waals surface area contributed by atoms with E-state index in [1.165, 1.54) is 11.8 Å². The zero-order valence-corrected chi connectivity index (χ0v) is 11.9. The van der Waals surface area contributed by atoms with Gasteiger partial charge < -0.3 is 14.5 Å². The van der Waals surface area contributed by atoms with Gasteiger partial charge in [0, 0.05) is 19.2 Å². The number of thioether (sulfide) groups is 1. The van der Waals surface area contributed by atoms with E-state index in [-0.39, 0.29) is 11.7 Å². The van der Waals surface area contributed by atoms with Crippen molar-refractivity contribution >= 4 is 17.7 Å². The van der Waals surface area contributed by atoms with Crippen LogP contribution < -0.4 is 5.32 Å². The van der Waals surface area contributed by atoms with E-state index < -0.39 is 0 Å². The van der Waals surface area contributed by atoms with Crippen LogP contribution in [0.1, 0.15) is 0 Å². The van der Waals surface area contributed by atoms with Crippen molar-refractivity contribution < 1.29 is 13.9 Å². The molecule has 0 aliphatic rings. The van der Waals surface area contributed by atoms with Crippen LogP contribution in [0.25, 0.3) is 11.5 Å². The molecule has 1 aromatic heterocycles. The lowest BCUT2D eigenvalue weighted by molar-refractivity contribution is -0.118. The van der Waals surface area contributed by atoms with Gasteiger partial charge in [-0.05, 0) is 12.1 Å². The smallest absolute Gasteiger partial charge is 0.277 e. The van der Waals surface area contributed by atoms with Crippen LogP contribution in [-0.4, -0.2) is 42.1 Å².